The van der Waals surface area contributed by atoms with Crippen LogP contribution in [-0.4, -0.2) is 33.3 Å². The summed E-state index contributed by atoms with van der Waals surface area (Å²) in [4.78, 5) is 11.2. The molecule has 6 nitrogen and oxygen atoms in total. The first kappa shape index (κ1) is 17.5. The molecular formula is C14H22N2O4S. The van der Waals surface area contributed by atoms with E-state index in [1.165, 1.54) is 0 Å². The fraction of sp³-hybridized carbons (Fsp3) is 0.500. The predicted molar refractivity (Wildman–Crippen MR) is 82.5 cm³/mol. The Kier molecular flexibility index (Phi) is 7.18. The van der Waals surface area contributed by atoms with Crippen LogP contribution in [0.15, 0.2) is 24.3 Å². The molecule has 1 aromatic rings. The van der Waals surface area contributed by atoms with E-state index in [4.69, 9.17) is 4.74 Å². The van der Waals surface area contributed by atoms with Crippen molar-refractivity contribution in [3.63, 3.8) is 0 Å². The molecule has 1 rings (SSSR count). The standard InChI is InChI=1S/C14H22N2O4S/c1-3-15-11-12-6-5-7-13(10-12)16-21(18,19)9-8-14(17)20-4-2/h5-7,10,15-16H,3-4,8-9,11H2,1-2H3. The molecule has 0 bridgehead atoms. The van der Waals surface area contributed by atoms with Crippen molar-refractivity contribution < 1.29 is 17.9 Å². The second-order valence-electron chi connectivity index (χ2n) is 4.46. The minimum atomic E-state index is -3.56. The number of sulfonamides is 1. The van der Waals surface area contributed by atoms with E-state index in [1.807, 2.05) is 13.0 Å². The van der Waals surface area contributed by atoms with Gasteiger partial charge >= 0.3 is 5.97 Å². The number of rotatable bonds is 9. The molecule has 118 valence electrons. The van der Waals surface area contributed by atoms with Crippen LogP contribution in [0.3, 0.4) is 0 Å². The van der Waals surface area contributed by atoms with Crippen molar-refractivity contribution in [3.8, 4) is 0 Å². The quantitative estimate of drug-likeness (QED) is 0.675. The molecule has 0 radical (unpaired) electrons. The number of ether oxygens (including phenoxy) is 1. The van der Waals surface area contributed by atoms with Crippen molar-refractivity contribution >= 4 is 21.7 Å². The largest absolute Gasteiger partial charge is 0.466 e. The Morgan fingerprint density at radius 3 is 2.71 bits per heavy atom. The van der Waals surface area contributed by atoms with Crippen LogP contribution in [0.4, 0.5) is 5.69 Å². The maximum atomic E-state index is 11.9. The minimum absolute atomic E-state index is 0.153. The zero-order chi connectivity index (χ0) is 15.7. The van der Waals surface area contributed by atoms with E-state index in [1.54, 1.807) is 25.1 Å². The van der Waals surface area contributed by atoms with Crippen molar-refractivity contribution in [1.82, 2.24) is 5.32 Å². The summed E-state index contributed by atoms with van der Waals surface area (Å²) in [5.74, 6) is -0.799. The van der Waals surface area contributed by atoms with Gasteiger partial charge in [0, 0.05) is 12.2 Å². The maximum Gasteiger partial charge on any atom is 0.306 e. The van der Waals surface area contributed by atoms with Crippen LogP contribution in [0.5, 0.6) is 0 Å². The minimum Gasteiger partial charge on any atom is -0.466 e. The van der Waals surface area contributed by atoms with Crippen LogP contribution >= 0.6 is 0 Å². The molecule has 0 atom stereocenters. The molecule has 0 unspecified atom stereocenters. The van der Waals surface area contributed by atoms with Crippen LogP contribution in [-0.2, 0) is 26.1 Å². The third kappa shape index (κ3) is 7.10. The number of esters is 1. The van der Waals surface area contributed by atoms with Crippen LogP contribution in [0, 0.1) is 0 Å². The molecule has 7 heteroatoms. The third-order valence-electron chi connectivity index (χ3n) is 2.66. The lowest BCUT2D eigenvalue weighted by Gasteiger charge is -2.09. The Balaban J connectivity index is 2.60. The van der Waals surface area contributed by atoms with E-state index in [0.717, 1.165) is 12.1 Å². The van der Waals surface area contributed by atoms with Crippen LogP contribution in [0.25, 0.3) is 0 Å². The summed E-state index contributed by atoms with van der Waals surface area (Å²) in [5.41, 5.74) is 1.48. The summed E-state index contributed by atoms with van der Waals surface area (Å²) in [6.07, 6.45) is -0.153. The Labute approximate surface area is 125 Å². The highest BCUT2D eigenvalue weighted by Crippen LogP contribution is 2.13. The number of carbonyl (C=O) groups is 1. The Hall–Kier alpha value is -1.60. The molecule has 0 saturated heterocycles. The van der Waals surface area contributed by atoms with Gasteiger partial charge in [-0.15, -0.1) is 0 Å². The van der Waals surface area contributed by atoms with Gasteiger partial charge in [0.1, 0.15) is 0 Å². The number of benzene rings is 1. The summed E-state index contributed by atoms with van der Waals surface area (Å²) < 4.78 is 31.0. The fourth-order valence-corrected chi connectivity index (χ4v) is 2.72. The highest BCUT2D eigenvalue weighted by atomic mass is 32.2. The Morgan fingerprint density at radius 1 is 1.29 bits per heavy atom. The molecule has 0 heterocycles. The second-order valence-corrected chi connectivity index (χ2v) is 6.30. The number of nitrogens with one attached hydrogen (secondary N) is 2. The van der Waals surface area contributed by atoms with Gasteiger partial charge < -0.3 is 10.1 Å². The van der Waals surface area contributed by atoms with E-state index in [9.17, 15) is 13.2 Å². The fourth-order valence-electron chi connectivity index (χ4n) is 1.70. The summed E-state index contributed by atoms with van der Waals surface area (Å²) in [6, 6.07) is 7.15. The monoisotopic (exact) mass is 314 g/mol. The van der Waals surface area contributed by atoms with Gasteiger partial charge in [0.05, 0.1) is 18.8 Å². The van der Waals surface area contributed by atoms with E-state index >= 15 is 0 Å². The van der Waals surface area contributed by atoms with Gasteiger partial charge in [0.2, 0.25) is 10.0 Å². The summed E-state index contributed by atoms with van der Waals surface area (Å²) in [7, 11) is -3.56. The zero-order valence-electron chi connectivity index (χ0n) is 12.4. The average Bonchev–Trinajstić information content (AvgIpc) is 2.43. The van der Waals surface area contributed by atoms with E-state index in [2.05, 4.69) is 10.0 Å². The first-order valence-electron chi connectivity index (χ1n) is 6.92. The molecule has 0 aliphatic rings. The van der Waals surface area contributed by atoms with Crippen molar-refractivity contribution in [3.05, 3.63) is 29.8 Å². The van der Waals surface area contributed by atoms with Gasteiger partial charge in [0.15, 0.2) is 0 Å². The topological polar surface area (TPSA) is 84.5 Å². The number of hydrogen-bond donors (Lipinski definition) is 2. The lowest BCUT2D eigenvalue weighted by atomic mass is 10.2. The van der Waals surface area contributed by atoms with Gasteiger partial charge in [-0.2, -0.15) is 0 Å². The van der Waals surface area contributed by atoms with Crippen LogP contribution in [0.2, 0.25) is 0 Å². The molecule has 0 saturated carbocycles. The van der Waals surface area contributed by atoms with Crippen LogP contribution in [0.1, 0.15) is 25.8 Å². The molecule has 0 fully saturated rings. The van der Waals surface area contributed by atoms with Crippen molar-refractivity contribution in [2.24, 2.45) is 0 Å². The molecule has 0 amide bonds. The molecule has 0 aliphatic heterocycles. The third-order valence-corrected chi connectivity index (χ3v) is 3.95. The Bertz CT molecular complexity index is 558. The average molecular weight is 314 g/mol. The van der Waals surface area contributed by atoms with Gasteiger partial charge in [-0.25, -0.2) is 8.42 Å². The lowest BCUT2D eigenvalue weighted by Crippen LogP contribution is -2.20. The molecule has 0 aromatic heterocycles. The highest BCUT2D eigenvalue weighted by Gasteiger charge is 2.14. The molecule has 2 N–H and O–H groups in total. The summed E-state index contributed by atoms with van der Waals surface area (Å²) >= 11 is 0. The molecule has 21 heavy (non-hydrogen) atoms. The van der Waals surface area contributed by atoms with Crippen molar-refractivity contribution in [2.45, 2.75) is 26.8 Å². The van der Waals surface area contributed by atoms with Gasteiger partial charge in [-0.1, -0.05) is 19.1 Å². The second kappa shape index (κ2) is 8.63. The zero-order valence-corrected chi connectivity index (χ0v) is 13.2. The van der Waals surface area contributed by atoms with Gasteiger partial charge in [0.25, 0.3) is 0 Å². The van der Waals surface area contributed by atoms with E-state index in [0.29, 0.717) is 12.2 Å². The van der Waals surface area contributed by atoms with Crippen LogP contribution < -0.4 is 10.0 Å². The van der Waals surface area contributed by atoms with E-state index in [-0.39, 0.29) is 18.8 Å². The molecule has 0 spiro atoms. The van der Waals surface area contributed by atoms with E-state index < -0.39 is 16.0 Å². The first-order chi connectivity index (χ1) is 9.96. The summed E-state index contributed by atoms with van der Waals surface area (Å²) in [6.45, 7) is 5.45. The molecular weight excluding hydrogens is 292 g/mol. The lowest BCUT2D eigenvalue weighted by molar-refractivity contribution is -0.142. The maximum absolute atomic E-state index is 11.9. The molecule has 0 aliphatic carbocycles. The summed E-state index contributed by atoms with van der Waals surface area (Å²) in [5, 5.41) is 3.17. The van der Waals surface area contributed by atoms with Crippen molar-refractivity contribution in [2.75, 3.05) is 23.6 Å². The number of hydrogen-bond acceptors (Lipinski definition) is 5. The SMILES string of the molecule is CCNCc1cccc(NS(=O)(=O)CCC(=O)OCC)c1. The number of anilines is 1. The number of carbonyl (C=O) groups excluding carboxylic acids is 1. The normalized spacial score (nSPS) is 11.1. The van der Waals surface area contributed by atoms with Crippen molar-refractivity contribution in [1.29, 1.82) is 0 Å². The predicted octanol–water partition coefficient (Wildman–Crippen LogP) is 1.49. The highest BCUT2D eigenvalue weighted by molar-refractivity contribution is 7.92. The Morgan fingerprint density at radius 2 is 2.05 bits per heavy atom. The smallest absolute Gasteiger partial charge is 0.306 e. The first-order valence-corrected chi connectivity index (χ1v) is 8.58. The molecule has 1 aromatic carbocycles. The van der Waals surface area contributed by atoms with Gasteiger partial charge in [-0.05, 0) is 31.2 Å². The van der Waals surface area contributed by atoms with Gasteiger partial charge in [-0.3, -0.25) is 9.52 Å².